The molecule has 0 bridgehead atoms. The van der Waals surface area contributed by atoms with Crippen LogP contribution in [0.3, 0.4) is 0 Å². The normalized spacial score (nSPS) is 19.9. The summed E-state index contributed by atoms with van der Waals surface area (Å²) in [5, 5.41) is 0. The summed E-state index contributed by atoms with van der Waals surface area (Å²) >= 11 is 0. The van der Waals surface area contributed by atoms with Crippen molar-refractivity contribution in [3.63, 3.8) is 0 Å². The highest BCUT2D eigenvalue weighted by Gasteiger charge is 2.31. The zero-order valence-corrected chi connectivity index (χ0v) is 10.4. The van der Waals surface area contributed by atoms with Crippen molar-refractivity contribution in [1.29, 1.82) is 0 Å². The van der Waals surface area contributed by atoms with Gasteiger partial charge in [-0.05, 0) is 11.1 Å². The Bertz CT molecular complexity index is 515. The van der Waals surface area contributed by atoms with Crippen LogP contribution in [0.5, 0.6) is 0 Å². The first kappa shape index (κ1) is 13.2. The van der Waals surface area contributed by atoms with E-state index in [-0.39, 0.29) is 18.3 Å². The lowest BCUT2D eigenvalue weighted by Crippen LogP contribution is -2.06. The minimum Gasteiger partial charge on any atom is -0.431 e. The van der Waals surface area contributed by atoms with Gasteiger partial charge in [0.25, 0.3) is 0 Å². The third-order valence-corrected chi connectivity index (χ3v) is 3.24. The van der Waals surface area contributed by atoms with Crippen molar-refractivity contribution in [2.24, 2.45) is 0 Å². The van der Waals surface area contributed by atoms with E-state index in [0.717, 1.165) is 23.7 Å². The summed E-state index contributed by atoms with van der Waals surface area (Å²) in [5.41, 5.74) is 1.61. The number of hydrogen-bond donors (Lipinski definition) is 0. The molecule has 1 aromatic rings. The Morgan fingerprint density at radius 1 is 1.32 bits per heavy atom. The molecular weight excluding hydrogens is 244 g/mol. The minimum atomic E-state index is -0.419. The van der Waals surface area contributed by atoms with Crippen LogP contribution in [0.25, 0.3) is 0 Å². The van der Waals surface area contributed by atoms with Crippen LogP contribution in [0.15, 0.2) is 36.6 Å². The van der Waals surface area contributed by atoms with E-state index in [1.807, 2.05) is 0 Å². The number of rotatable bonds is 5. The van der Waals surface area contributed by atoms with Crippen molar-refractivity contribution in [2.75, 3.05) is 0 Å². The Morgan fingerprint density at radius 2 is 2.00 bits per heavy atom. The van der Waals surface area contributed by atoms with Gasteiger partial charge in [-0.15, -0.1) is 0 Å². The van der Waals surface area contributed by atoms with E-state index >= 15 is 0 Å². The quantitative estimate of drug-likeness (QED) is 0.599. The second kappa shape index (κ2) is 5.61. The second-order valence-electron chi connectivity index (χ2n) is 4.53. The molecule has 0 aliphatic carbocycles. The number of ether oxygens (including phenoxy) is 1. The summed E-state index contributed by atoms with van der Waals surface area (Å²) in [6.45, 7) is 3.64. The number of hydrogen-bond acceptors (Lipinski definition) is 4. The maximum absolute atomic E-state index is 11.6. The van der Waals surface area contributed by atoms with Crippen molar-refractivity contribution < 1.29 is 19.1 Å². The largest absolute Gasteiger partial charge is 0.431 e. The fraction of sp³-hybridized carbons (Fsp3) is 0.267. The summed E-state index contributed by atoms with van der Waals surface area (Å²) in [6.07, 6.45) is 2.15. The molecule has 0 saturated carbocycles. The summed E-state index contributed by atoms with van der Waals surface area (Å²) in [5.74, 6) is -0.553. The number of esters is 1. The minimum absolute atomic E-state index is 0.172. The van der Waals surface area contributed by atoms with Crippen LogP contribution in [0.1, 0.15) is 35.8 Å². The lowest BCUT2D eigenvalue weighted by Gasteiger charge is -2.10. The first-order chi connectivity index (χ1) is 9.15. The molecule has 0 spiro atoms. The van der Waals surface area contributed by atoms with Gasteiger partial charge in [0.05, 0.1) is 5.92 Å². The topological polar surface area (TPSA) is 60.4 Å². The van der Waals surface area contributed by atoms with Gasteiger partial charge in [-0.2, -0.15) is 0 Å². The highest BCUT2D eigenvalue weighted by Crippen LogP contribution is 2.32. The number of carbonyl (C=O) groups is 3. The highest BCUT2D eigenvalue weighted by atomic mass is 16.5. The molecule has 19 heavy (non-hydrogen) atoms. The molecule has 1 fully saturated rings. The lowest BCUT2D eigenvalue weighted by atomic mass is 9.92. The first-order valence-corrected chi connectivity index (χ1v) is 6.04. The van der Waals surface area contributed by atoms with E-state index in [1.165, 1.54) is 0 Å². The van der Waals surface area contributed by atoms with Crippen molar-refractivity contribution in [1.82, 2.24) is 0 Å². The molecule has 2 atom stereocenters. The van der Waals surface area contributed by atoms with Crippen LogP contribution in [0.2, 0.25) is 0 Å². The van der Waals surface area contributed by atoms with E-state index in [2.05, 4.69) is 6.58 Å². The van der Waals surface area contributed by atoms with Gasteiger partial charge in [0.2, 0.25) is 0 Å². The fourth-order valence-corrected chi connectivity index (χ4v) is 2.17. The van der Waals surface area contributed by atoms with Gasteiger partial charge in [0.15, 0.2) is 0 Å². The number of benzene rings is 1. The first-order valence-electron chi connectivity index (χ1n) is 6.04. The zero-order valence-electron chi connectivity index (χ0n) is 10.4. The summed E-state index contributed by atoms with van der Waals surface area (Å²) in [6, 6.07) is 7.13. The summed E-state index contributed by atoms with van der Waals surface area (Å²) < 4.78 is 4.93. The third-order valence-electron chi connectivity index (χ3n) is 3.24. The molecule has 4 nitrogen and oxygen atoms in total. The van der Waals surface area contributed by atoms with Crippen molar-refractivity contribution in [2.45, 2.75) is 24.7 Å². The van der Waals surface area contributed by atoms with E-state index in [9.17, 15) is 14.4 Å². The van der Waals surface area contributed by atoms with Crippen LogP contribution in [-0.4, -0.2) is 18.5 Å². The van der Waals surface area contributed by atoms with Crippen molar-refractivity contribution >= 4 is 18.5 Å². The molecule has 0 amide bonds. The third kappa shape index (κ3) is 2.78. The predicted octanol–water partition coefficient (Wildman–Crippen LogP) is 2.10. The van der Waals surface area contributed by atoms with Gasteiger partial charge in [0.1, 0.15) is 18.3 Å². The Kier molecular flexibility index (Phi) is 3.90. The van der Waals surface area contributed by atoms with Gasteiger partial charge in [0, 0.05) is 18.8 Å². The standard InChI is InChI=1S/C15H14O4/c1-10-8-14(15(18)19-10)12-4-2-11(3-5-12)13(9-17)6-7-16/h2-5,7,9,13-14H,1,6,8H2. The van der Waals surface area contributed by atoms with Crippen molar-refractivity contribution in [3.05, 3.63) is 47.7 Å². The van der Waals surface area contributed by atoms with E-state index in [1.54, 1.807) is 24.3 Å². The molecule has 1 heterocycles. The Hall–Kier alpha value is -2.23. The molecule has 1 aromatic carbocycles. The Balaban J connectivity index is 2.18. The molecule has 0 aromatic heterocycles. The molecule has 4 heteroatoms. The monoisotopic (exact) mass is 258 g/mol. The van der Waals surface area contributed by atoms with Crippen LogP contribution in [-0.2, 0) is 19.1 Å². The Morgan fingerprint density at radius 3 is 2.47 bits per heavy atom. The smallest absolute Gasteiger partial charge is 0.318 e. The average molecular weight is 258 g/mol. The number of cyclic esters (lactones) is 1. The fourth-order valence-electron chi connectivity index (χ4n) is 2.17. The molecule has 1 aliphatic rings. The van der Waals surface area contributed by atoms with Crippen LogP contribution in [0.4, 0.5) is 0 Å². The number of allylic oxidation sites excluding steroid dienone is 1. The summed E-state index contributed by atoms with van der Waals surface area (Å²) in [4.78, 5) is 32.9. The SMILES string of the molecule is C=C1CC(c2ccc(C(C=O)CC=O)cc2)C(=O)O1. The molecule has 98 valence electrons. The molecular formula is C15H14O4. The molecule has 2 unspecified atom stereocenters. The summed E-state index contributed by atoms with van der Waals surface area (Å²) in [7, 11) is 0. The van der Waals surface area contributed by atoms with Gasteiger partial charge in [-0.25, -0.2) is 0 Å². The van der Waals surface area contributed by atoms with E-state index < -0.39 is 5.92 Å². The lowest BCUT2D eigenvalue weighted by molar-refractivity contribution is -0.136. The molecule has 1 saturated heterocycles. The maximum atomic E-state index is 11.6. The van der Waals surface area contributed by atoms with E-state index in [0.29, 0.717) is 12.2 Å². The van der Waals surface area contributed by atoms with Gasteiger partial charge in [-0.3, -0.25) is 4.79 Å². The predicted molar refractivity (Wildman–Crippen MR) is 68.5 cm³/mol. The highest BCUT2D eigenvalue weighted by molar-refractivity contribution is 5.82. The molecule has 0 N–H and O–H groups in total. The molecule has 2 rings (SSSR count). The number of carbonyl (C=O) groups excluding carboxylic acids is 3. The van der Waals surface area contributed by atoms with Crippen molar-refractivity contribution in [3.8, 4) is 0 Å². The molecule has 0 radical (unpaired) electrons. The maximum Gasteiger partial charge on any atom is 0.318 e. The zero-order chi connectivity index (χ0) is 13.8. The Labute approximate surface area is 111 Å². The van der Waals surface area contributed by atoms with Gasteiger partial charge >= 0.3 is 5.97 Å². The van der Waals surface area contributed by atoms with Gasteiger partial charge < -0.3 is 14.3 Å². The van der Waals surface area contributed by atoms with Crippen LogP contribution >= 0.6 is 0 Å². The molecule has 1 aliphatic heterocycles. The second-order valence-corrected chi connectivity index (χ2v) is 4.53. The van der Waals surface area contributed by atoms with Crippen LogP contribution in [0, 0.1) is 0 Å². The average Bonchev–Trinajstić information content (AvgIpc) is 2.75. The van der Waals surface area contributed by atoms with E-state index in [4.69, 9.17) is 4.74 Å². The number of aldehydes is 2. The van der Waals surface area contributed by atoms with Crippen LogP contribution < -0.4 is 0 Å². The van der Waals surface area contributed by atoms with Gasteiger partial charge in [-0.1, -0.05) is 30.8 Å².